The van der Waals surface area contributed by atoms with Crippen LogP contribution in [0, 0.1) is 0 Å². The largest absolute Gasteiger partial charge is 0.382 e. The molecule has 0 atom stereocenters. The van der Waals surface area contributed by atoms with Crippen molar-refractivity contribution in [2.45, 2.75) is 68.6 Å². The second-order valence-corrected chi connectivity index (χ2v) is 18.8. The Hall–Kier alpha value is -5.40. The van der Waals surface area contributed by atoms with Gasteiger partial charge >= 0.3 is 0 Å². The number of benzene rings is 2. The Labute approximate surface area is 322 Å². The minimum absolute atomic E-state index is 0.000134. The van der Waals surface area contributed by atoms with Gasteiger partial charge in [0.25, 0.3) is 30.5 Å². The fraction of sp³-hybridized carbons (Fsp3) is 0.290. The molecule has 288 valence electrons. The average molecular weight is 827 g/mol. The van der Waals surface area contributed by atoms with Gasteiger partial charge < -0.3 is 11.5 Å². The van der Waals surface area contributed by atoms with Crippen LogP contribution in [0.5, 0.6) is 0 Å². The van der Waals surface area contributed by atoms with Crippen molar-refractivity contribution >= 4 is 76.2 Å². The monoisotopic (exact) mass is 826 g/mol. The molecule has 0 aliphatic carbocycles. The summed E-state index contributed by atoms with van der Waals surface area (Å²) in [6.07, 6.45) is 0.248. The van der Waals surface area contributed by atoms with E-state index in [1.165, 1.54) is 45.8 Å². The Morgan fingerprint density at radius 3 is 1.69 bits per heavy atom. The Bertz CT molecular complexity index is 2700. The molecule has 0 fully saturated rings. The van der Waals surface area contributed by atoms with Crippen LogP contribution >= 0.6 is 22.7 Å². The van der Waals surface area contributed by atoms with E-state index in [1.807, 2.05) is 41.5 Å². The van der Waals surface area contributed by atoms with Gasteiger partial charge in [0.2, 0.25) is 0 Å². The number of hydrogen-bond acceptors (Lipinski definition) is 18. The van der Waals surface area contributed by atoms with Crippen LogP contribution in [0.1, 0.15) is 62.9 Å². The van der Waals surface area contributed by atoms with Crippen molar-refractivity contribution in [3.05, 3.63) is 69.9 Å². The van der Waals surface area contributed by atoms with Crippen molar-refractivity contribution in [1.29, 1.82) is 0 Å². The number of para-hydroxylation sites is 1. The molecule has 0 radical (unpaired) electrons. The second kappa shape index (κ2) is 14.3. The number of nitrogens with zero attached hydrogens (tertiary/aromatic N) is 12. The molecule has 0 saturated carbocycles. The smallest absolute Gasteiger partial charge is 0.296 e. The van der Waals surface area contributed by atoms with E-state index in [4.69, 9.17) is 11.5 Å². The van der Waals surface area contributed by atoms with Gasteiger partial charge in [-0.25, -0.2) is 9.36 Å². The summed E-state index contributed by atoms with van der Waals surface area (Å²) >= 11 is 2.30. The SMILES string of the molecule is CC(C)(C)c1nn(-c2cccc(S(=O)(=O)O)c2)c(N)c1N=Nc1nnc(Cc2nnc(N=Nc3c(C(C)(C)C)nn(-c4ccccc4S(=O)(=O)O)c3N)s2)s1. The lowest BCUT2D eigenvalue weighted by Crippen LogP contribution is -2.14. The molecule has 0 spiro atoms. The maximum atomic E-state index is 12.1. The second-order valence-electron chi connectivity index (χ2n) is 13.9. The van der Waals surface area contributed by atoms with Gasteiger partial charge in [-0.2, -0.15) is 27.0 Å². The zero-order chi connectivity index (χ0) is 40.1. The molecule has 2 aromatic carbocycles. The predicted octanol–water partition coefficient (Wildman–Crippen LogP) is 6.44. The Morgan fingerprint density at radius 1 is 0.673 bits per heavy atom. The summed E-state index contributed by atoms with van der Waals surface area (Å²) in [5, 5.41) is 44.4. The molecular formula is C31H34N14O6S4. The average Bonchev–Trinajstić information content (AvgIpc) is 3.88. The summed E-state index contributed by atoms with van der Waals surface area (Å²) in [6.45, 7) is 11.4. The molecule has 55 heavy (non-hydrogen) atoms. The van der Waals surface area contributed by atoms with Gasteiger partial charge in [0, 0.05) is 10.8 Å². The maximum Gasteiger partial charge on any atom is 0.296 e. The van der Waals surface area contributed by atoms with Gasteiger partial charge in [-0.1, -0.05) is 82.4 Å². The fourth-order valence-corrected chi connectivity index (χ4v) is 7.70. The molecule has 6 N–H and O–H groups in total. The van der Waals surface area contributed by atoms with Crippen LogP contribution in [-0.2, 0) is 37.5 Å². The van der Waals surface area contributed by atoms with Crippen molar-refractivity contribution in [3.8, 4) is 11.4 Å². The van der Waals surface area contributed by atoms with Crippen LogP contribution in [0.4, 0.5) is 33.3 Å². The number of nitrogen functional groups attached to an aromatic ring is 2. The van der Waals surface area contributed by atoms with Crippen molar-refractivity contribution in [2.75, 3.05) is 11.5 Å². The highest BCUT2D eigenvalue weighted by molar-refractivity contribution is 7.86. The lowest BCUT2D eigenvalue weighted by molar-refractivity contribution is 0.480. The number of azo groups is 2. The van der Waals surface area contributed by atoms with Crippen LogP contribution < -0.4 is 11.5 Å². The van der Waals surface area contributed by atoms with E-state index >= 15 is 0 Å². The molecule has 4 aromatic heterocycles. The molecule has 0 aliphatic rings. The van der Waals surface area contributed by atoms with Crippen molar-refractivity contribution in [1.82, 2.24) is 40.0 Å². The molecule has 4 heterocycles. The van der Waals surface area contributed by atoms with Gasteiger partial charge in [-0.15, -0.1) is 40.9 Å². The first kappa shape index (κ1) is 39.3. The summed E-state index contributed by atoms with van der Waals surface area (Å²) in [4.78, 5) is -0.693. The molecule has 0 unspecified atom stereocenters. The quantitative estimate of drug-likeness (QED) is 0.0854. The van der Waals surface area contributed by atoms with Crippen LogP contribution in [0.3, 0.4) is 0 Å². The van der Waals surface area contributed by atoms with E-state index in [2.05, 4.69) is 51.0 Å². The summed E-state index contributed by atoms with van der Waals surface area (Å²) < 4.78 is 69.4. The number of hydrogen-bond donors (Lipinski definition) is 4. The lowest BCUT2D eigenvalue weighted by atomic mass is 9.91. The van der Waals surface area contributed by atoms with Crippen LogP contribution in [-0.4, -0.2) is 65.9 Å². The highest BCUT2D eigenvalue weighted by Gasteiger charge is 2.30. The first-order valence-electron chi connectivity index (χ1n) is 16.0. The number of rotatable bonds is 10. The molecule has 24 heteroatoms. The molecule has 6 aromatic rings. The minimum atomic E-state index is -4.59. The highest BCUT2D eigenvalue weighted by Crippen LogP contribution is 2.40. The fourth-order valence-electron chi connectivity index (χ4n) is 5.09. The summed E-state index contributed by atoms with van der Waals surface area (Å²) in [5.74, 6) is 0.0910. The topological polar surface area (TPSA) is 297 Å². The van der Waals surface area contributed by atoms with Crippen molar-refractivity contribution < 1.29 is 25.9 Å². The molecule has 0 amide bonds. The van der Waals surface area contributed by atoms with E-state index in [9.17, 15) is 25.9 Å². The van der Waals surface area contributed by atoms with Gasteiger partial charge in [-0.3, -0.25) is 9.11 Å². The Kier molecular flexibility index (Phi) is 10.3. The van der Waals surface area contributed by atoms with E-state index in [0.29, 0.717) is 27.1 Å². The molecule has 0 aliphatic heterocycles. The number of anilines is 2. The van der Waals surface area contributed by atoms with Gasteiger partial charge in [0.15, 0.2) is 23.0 Å². The van der Waals surface area contributed by atoms with Gasteiger partial charge in [-0.05, 0) is 30.3 Å². The van der Waals surface area contributed by atoms with E-state index < -0.39 is 31.1 Å². The molecule has 0 saturated heterocycles. The van der Waals surface area contributed by atoms with E-state index in [0.717, 1.165) is 22.7 Å². The normalized spacial score (nSPS) is 13.1. The highest BCUT2D eigenvalue weighted by atomic mass is 32.2. The maximum absolute atomic E-state index is 12.1. The van der Waals surface area contributed by atoms with Crippen molar-refractivity contribution in [2.24, 2.45) is 20.5 Å². The van der Waals surface area contributed by atoms with Crippen molar-refractivity contribution in [3.63, 3.8) is 0 Å². The predicted molar refractivity (Wildman–Crippen MR) is 204 cm³/mol. The van der Waals surface area contributed by atoms with Crippen LogP contribution in [0.15, 0.2) is 78.8 Å². The van der Waals surface area contributed by atoms with Gasteiger partial charge in [0.05, 0.1) is 34.1 Å². The van der Waals surface area contributed by atoms with Crippen LogP contribution in [0.2, 0.25) is 0 Å². The van der Waals surface area contributed by atoms with E-state index in [1.54, 1.807) is 12.1 Å². The Morgan fingerprint density at radius 2 is 1.18 bits per heavy atom. The molecule has 6 rings (SSSR count). The molecule has 0 bridgehead atoms. The molecule has 20 nitrogen and oxygen atoms in total. The summed E-state index contributed by atoms with van der Waals surface area (Å²) in [5.41, 5.74) is 13.4. The van der Waals surface area contributed by atoms with Gasteiger partial charge in [0.1, 0.15) is 14.9 Å². The third kappa shape index (κ3) is 8.47. The third-order valence-electron chi connectivity index (χ3n) is 7.63. The lowest BCUT2D eigenvalue weighted by Gasteiger charge is -2.15. The first-order valence-corrected chi connectivity index (χ1v) is 20.5. The van der Waals surface area contributed by atoms with E-state index in [-0.39, 0.29) is 55.2 Å². The standard InChI is InChI=1S/C31H34N14O6S4/c1-30(2,3)24-22(26(32)44(42-24)16-10-9-11-17(14-16)54(46,47)48)36-40-28-38-34-20(52-28)15-21-35-39-29(53-21)41-37-23-25(31(4,5)6)43-45(27(23)33)18-12-7-8-13-19(18)55(49,50)51/h7-14H,15,32-33H2,1-6H3,(H,46,47,48)(H,49,50,51). The molecular weight excluding hydrogens is 793 g/mol. The Balaban J connectivity index is 1.22. The third-order valence-corrected chi connectivity index (χ3v) is 11.0. The zero-order valence-corrected chi connectivity index (χ0v) is 33.3. The minimum Gasteiger partial charge on any atom is -0.382 e. The van der Waals surface area contributed by atoms with Crippen LogP contribution in [0.25, 0.3) is 11.4 Å². The summed E-state index contributed by atoms with van der Waals surface area (Å²) in [6, 6.07) is 11.3. The number of aromatic nitrogens is 8. The summed E-state index contributed by atoms with van der Waals surface area (Å²) in [7, 11) is -9.05. The first-order chi connectivity index (χ1) is 25.6. The number of nitrogens with two attached hydrogens (primary N) is 2. The zero-order valence-electron chi connectivity index (χ0n) is 30.0.